The zero-order valence-corrected chi connectivity index (χ0v) is 16.6. The number of carbonyl (C=O) groups excluding carboxylic acids is 2. The van der Waals surface area contributed by atoms with Crippen molar-refractivity contribution in [2.45, 2.75) is 37.5 Å². The molecule has 8 nitrogen and oxygen atoms in total. The minimum Gasteiger partial charge on any atom is -0.474 e. The molecule has 8 heteroatoms. The molecule has 30 heavy (non-hydrogen) atoms. The Morgan fingerprint density at radius 2 is 2.13 bits per heavy atom. The summed E-state index contributed by atoms with van der Waals surface area (Å²) in [5.74, 6) is -0.0954. The lowest BCUT2D eigenvalue weighted by molar-refractivity contribution is -0.125. The molecule has 1 spiro atoms. The average Bonchev–Trinajstić information content (AvgIpc) is 3.53. The van der Waals surface area contributed by atoms with E-state index in [1.807, 2.05) is 6.07 Å². The number of pyridine rings is 1. The Kier molecular flexibility index (Phi) is 4.67. The van der Waals surface area contributed by atoms with Crippen LogP contribution in [0, 0.1) is 0 Å². The van der Waals surface area contributed by atoms with Gasteiger partial charge in [-0.05, 0) is 23.6 Å². The molecule has 156 valence electrons. The number of ether oxygens (including phenoxy) is 1. The normalized spacial score (nSPS) is 19.8. The number of hydrogen-bond donors (Lipinski definition) is 3. The molecule has 3 heterocycles. The van der Waals surface area contributed by atoms with E-state index < -0.39 is 17.6 Å². The fourth-order valence-corrected chi connectivity index (χ4v) is 4.06. The van der Waals surface area contributed by atoms with Crippen LogP contribution in [0.5, 0.6) is 5.75 Å². The summed E-state index contributed by atoms with van der Waals surface area (Å²) in [6, 6.07) is 9.85. The van der Waals surface area contributed by atoms with Crippen LogP contribution in [-0.4, -0.2) is 58.1 Å². The summed E-state index contributed by atoms with van der Waals surface area (Å²) in [5.41, 5.74) is 2.53. The van der Waals surface area contributed by atoms with Crippen LogP contribution in [0.1, 0.15) is 34.5 Å². The van der Waals surface area contributed by atoms with Gasteiger partial charge in [0.2, 0.25) is 0 Å². The largest absolute Gasteiger partial charge is 0.474 e. The second-order valence-corrected chi connectivity index (χ2v) is 8.23. The van der Waals surface area contributed by atoms with Crippen molar-refractivity contribution in [2.24, 2.45) is 0 Å². The number of carbonyl (C=O) groups is 2. The quantitative estimate of drug-likeness (QED) is 0.684. The summed E-state index contributed by atoms with van der Waals surface area (Å²) >= 11 is 0. The molecule has 2 aliphatic heterocycles. The molecule has 0 saturated heterocycles. The third-order valence-electron chi connectivity index (χ3n) is 5.95. The Morgan fingerprint density at radius 3 is 2.93 bits per heavy atom. The Balaban J connectivity index is 1.15. The molecular weight excluding hydrogens is 384 g/mol. The summed E-state index contributed by atoms with van der Waals surface area (Å²) in [7, 11) is 0. The van der Waals surface area contributed by atoms with Crippen LogP contribution in [0.25, 0.3) is 0 Å². The van der Waals surface area contributed by atoms with E-state index in [4.69, 9.17) is 4.74 Å². The summed E-state index contributed by atoms with van der Waals surface area (Å²) < 4.78 is 5.73. The maximum Gasteiger partial charge on any atom is 0.270 e. The molecule has 1 unspecified atom stereocenters. The predicted molar refractivity (Wildman–Crippen MR) is 109 cm³/mol. The third-order valence-corrected chi connectivity index (χ3v) is 5.95. The highest BCUT2D eigenvalue weighted by Crippen LogP contribution is 2.46. The number of fused-ring (bicyclic) bond motifs is 2. The second-order valence-electron chi connectivity index (χ2n) is 8.23. The fraction of sp³-hybridized carbons (Fsp3) is 0.409. The van der Waals surface area contributed by atoms with Gasteiger partial charge in [0.15, 0.2) is 11.4 Å². The number of aromatic nitrogens is 1. The van der Waals surface area contributed by atoms with Gasteiger partial charge < -0.3 is 20.5 Å². The summed E-state index contributed by atoms with van der Waals surface area (Å²) in [6.45, 7) is 2.30. The van der Waals surface area contributed by atoms with Crippen LogP contribution in [0.4, 0.5) is 5.69 Å². The van der Waals surface area contributed by atoms with Gasteiger partial charge in [0.1, 0.15) is 5.69 Å². The van der Waals surface area contributed by atoms with Crippen molar-refractivity contribution < 1.29 is 19.4 Å². The first kappa shape index (κ1) is 19.0. The van der Waals surface area contributed by atoms with Gasteiger partial charge in [-0.1, -0.05) is 24.3 Å². The van der Waals surface area contributed by atoms with Crippen LogP contribution in [0.3, 0.4) is 0 Å². The number of β-amino-alcohol motifs (C(OH)–C–C–N with tert-alkyl or cyclic N) is 1. The van der Waals surface area contributed by atoms with Crippen molar-refractivity contribution in [1.82, 2.24) is 15.2 Å². The fourth-order valence-electron chi connectivity index (χ4n) is 4.06. The van der Waals surface area contributed by atoms with Crippen LogP contribution in [0.15, 0.2) is 36.5 Å². The highest BCUT2D eigenvalue weighted by Gasteiger charge is 2.55. The van der Waals surface area contributed by atoms with Gasteiger partial charge in [-0.25, -0.2) is 4.98 Å². The Bertz CT molecular complexity index is 1000. The molecule has 3 aliphatic rings. The first-order valence-electron chi connectivity index (χ1n) is 10.3. The number of hydrogen-bond acceptors (Lipinski definition) is 6. The van der Waals surface area contributed by atoms with Gasteiger partial charge in [-0.2, -0.15) is 0 Å². The van der Waals surface area contributed by atoms with E-state index in [0.29, 0.717) is 30.8 Å². The highest BCUT2D eigenvalue weighted by molar-refractivity contribution is 6.03. The van der Waals surface area contributed by atoms with Crippen LogP contribution >= 0.6 is 0 Å². The third kappa shape index (κ3) is 3.64. The lowest BCUT2D eigenvalue weighted by Crippen LogP contribution is -2.42. The minimum absolute atomic E-state index is 0.127. The van der Waals surface area contributed by atoms with E-state index in [-0.39, 0.29) is 18.1 Å². The molecule has 5 rings (SSSR count). The first-order valence-corrected chi connectivity index (χ1v) is 10.3. The standard InChI is InChI=1S/C22H24N4O4/c27-16(13-26-8-5-14-3-1-2-4-15(14)12-26)10-24-20(28)18-9-17-19(11-23-18)30-22(6-7-22)21(29)25-17/h1-4,9,11,16,27H,5-8,10,12-13H2,(H,24,28)(H,25,29). The SMILES string of the molecule is O=C(NCC(O)CN1CCc2ccccc2C1)c1cc2c(cn1)OC1(CC1)C(=O)N2. The van der Waals surface area contributed by atoms with Crippen LogP contribution in [-0.2, 0) is 17.8 Å². The van der Waals surface area contributed by atoms with Gasteiger partial charge in [-0.3, -0.25) is 14.5 Å². The van der Waals surface area contributed by atoms with Crippen molar-refractivity contribution >= 4 is 17.5 Å². The summed E-state index contributed by atoms with van der Waals surface area (Å²) in [5, 5.41) is 15.9. The molecule has 1 aliphatic carbocycles. The first-order chi connectivity index (χ1) is 14.5. The number of amides is 2. The predicted octanol–water partition coefficient (Wildman–Crippen LogP) is 1.09. The monoisotopic (exact) mass is 408 g/mol. The number of aliphatic hydroxyl groups is 1. The van der Waals surface area contributed by atoms with E-state index in [9.17, 15) is 14.7 Å². The van der Waals surface area contributed by atoms with Crippen molar-refractivity contribution in [2.75, 3.05) is 25.0 Å². The van der Waals surface area contributed by atoms with Crippen molar-refractivity contribution in [3.05, 3.63) is 53.3 Å². The lowest BCUT2D eigenvalue weighted by atomic mass is 10.00. The topological polar surface area (TPSA) is 104 Å². The van der Waals surface area contributed by atoms with Crippen molar-refractivity contribution in [3.63, 3.8) is 0 Å². The van der Waals surface area contributed by atoms with Crippen LogP contribution in [0.2, 0.25) is 0 Å². The highest BCUT2D eigenvalue weighted by atomic mass is 16.5. The van der Waals surface area contributed by atoms with Crippen molar-refractivity contribution in [1.29, 1.82) is 0 Å². The molecular formula is C22H24N4O4. The molecule has 2 amide bonds. The van der Waals surface area contributed by atoms with E-state index in [1.165, 1.54) is 23.4 Å². The zero-order chi connectivity index (χ0) is 20.7. The van der Waals surface area contributed by atoms with Gasteiger partial charge >= 0.3 is 0 Å². The minimum atomic E-state index is -0.739. The molecule has 0 bridgehead atoms. The number of nitrogens with zero attached hydrogens (tertiary/aromatic N) is 2. The molecule has 1 aromatic carbocycles. The number of anilines is 1. The number of rotatable bonds is 5. The molecule has 1 fully saturated rings. The lowest BCUT2D eigenvalue weighted by Gasteiger charge is -2.30. The van der Waals surface area contributed by atoms with E-state index in [1.54, 1.807) is 0 Å². The smallest absolute Gasteiger partial charge is 0.270 e. The Labute approximate surface area is 174 Å². The molecule has 0 radical (unpaired) electrons. The van der Waals surface area contributed by atoms with Crippen molar-refractivity contribution in [3.8, 4) is 5.75 Å². The van der Waals surface area contributed by atoms with E-state index >= 15 is 0 Å². The van der Waals surface area contributed by atoms with E-state index in [0.717, 1.165) is 19.5 Å². The molecule has 1 aromatic heterocycles. The van der Waals surface area contributed by atoms with Gasteiger partial charge in [0, 0.05) is 39.0 Å². The molecule has 2 aromatic rings. The maximum absolute atomic E-state index is 12.5. The van der Waals surface area contributed by atoms with Gasteiger partial charge in [-0.15, -0.1) is 0 Å². The van der Waals surface area contributed by atoms with Gasteiger partial charge in [0.05, 0.1) is 18.0 Å². The molecule has 1 saturated carbocycles. The van der Waals surface area contributed by atoms with E-state index in [2.05, 4.69) is 38.7 Å². The van der Waals surface area contributed by atoms with Gasteiger partial charge in [0.25, 0.3) is 11.8 Å². The maximum atomic E-state index is 12.5. The number of aliphatic hydroxyl groups excluding tert-OH is 1. The summed E-state index contributed by atoms with van der Waals surface area (Å²) in [6.07, 6.45) is 3.13. The molecule has 3 N–H and O–H groups in total. The summed E-state index contributed by atoms with van der Waals surface area (Å²) in [4.78, 5) is 30.9. The van der Waals surface area contributed by atoms with Crippen LogP contribution < -0.4 is 15.4 Å². The average molecular weight is 408 g/mol. The Hall–Kier alpha value is -2.97. The Morgan fingerprint density at radius 1 is 1.33 bits per heavy atom. The number of benzene rings is 1. The zero-order valence-electron chi connectivity index (χ0n) is 16.6. The number of nitrogens with one attached hydrogen (secondary N) is 2. The molecule has 1 atom stereocenters. The second kappa shape index (κ2) is 7.37.